The Morgan fingerprint density at radius 2 is 1.89 bits per heavy atom. The summed E-state index contributed by atoms with van der Waals surface area (Å²) in [5.41, 5.74) is 2.46. The third-order valence-corrected chi connectivity index (χ3v) is 4.45. The Morgan fingerprint density at radius 3 is 2.59 bits per heavy atom. The lowest BCUT2D eigenvalue weighted by atomic mass is 10.1. The van der Waals surface area contributed by atoms with Gasteiger partial charge in [-0.25, -0.2) is 9.78 Å². The van der Waals surface area contributed by atoms with Gasteiger partial charge < -0.3 is 0 Å². The van der Waals surface area contributed by atoms with Gasteiger partial charge in [0.05, 0.1) is 28.2 Å². The third-order valence-electron chi connectivity index (χ3n) is 3.63. The summed E-state index contributed by atoms with van der Waals surface area (Å²) in [5, 5.41) is 4.97. The van der Waals surface area contributed by atoms with Crippen LogP contribution in [0.4, 0.5) is 10.6 Å². The summed E-state index contributed by atoms with van der Waals surface area (Å²) < 4.78 is 0.931. The molecule has 0 aliphatic carbocycles. The van der Waals surface area contributed by atoms with Crippen LogP contribution in [0.5, 0.6) is 0 Å². The molecule has 6 nitrogen and oxygen atoms in total. The van der Waals surface area contributed by atoms with E-state index >= 15 is 0 Å². The number of benzene rings is 2. The smallest absolute Gasteiger partial charge is 0.291 e. The zero-order valence-corrected chi connectivity index (χ0v) is 16.5. The maximum absolute atomic E-state index is 12.1. The fraction of sp³-hybridized carbons (Fsp3) is 0.0526. The fourth-order valence-electron chi connectivity index (χ4n) is 2.42. The highest BCUT2D eigenvalue weighted by atomic mass is 79.9. The van der Waals surface area contributed by atoms with Crippen LogP contribution in [0.3, 0.4) is 0 Å². The van der Waals surface area contributed by atoms with Crippen molar-refractivity contribution in [2.75, 3.05) is 5.32 Å². The van der Waals surface area contributed by atoms with Gasteiger partial charge in [-0.2, -0.15) is 0 Å². The monoisotopic (exact) mass is 444 g/mol. The minimum atomic E-state index is -0.719. The van der Waals surface area contributed by atoms with Crippen LogP contribution in [0, 0.1) is 6.92 Å². The average molecular weight is 446 g/mol. The fourth-order valence-corrected chi connectivity index (χ4v) is 3.05. The zero-order valence-electron chi connectivity index (χ0n) is 14.2. The van der Waals surface area contributed by atoms with Crippen LogP contribution in [0.25, 0.3) is 11.3 Å². The van der Waals surface area contributed by atoms with Crippen molar-refractivity contribution in [3.8, 4) is 11.3 Å². The van der Waals surface area contributed by atoms with Crippen molar-refractivity contribution in [1.29, 1.82) is 0 Å². The molecule has 3 rings (SSSR count). The van der Waals surface area contributed by atoms with Crippen molar-refractivity contribution in [2.24, 2.45) is 0 Å². The van der Waals surface area contributed by atoms with E-state index in [-0.39, 0.29) is 16.4 Å². The number of aryl methyl sites for hydroxylation is 1. The molecular weight excluding hydrogens is 432 g/mol. The van der Waals surface area contributed by atoms with Gasteiger partial charge in [0.1, 0.15) is 0 Å². The second-order valence-electron chi connectivity index (χ2n) is 5.59. The Balaban J connectivity index is 1.71. The first-order valence-corrected chi connectivity index (χ1v) is 9.07. The molecule has 2 aromatic carbocycles. The van der Waals surface area contributed by atoms with Crippen LogP contribution < -0.4 is 10.6 Å². The molecule has 0 spiro atoms. The Hall–Kier alpha value is -2.77. The number of hydrogen-bond acceptors (Lipinski definition) is 4. The summed E-state index contributed by atoms with van der Waals surface area (Å²) >= 11 is 9.38. The normalized spacial score (nSPS) is 10.3. The second-order valence-corrected chi connectivity index (χ2v) is 6.91. The summed E-state index contributed by atoms with van der Waals surface area (Å²) in [7, 11) is 0. The van der Waals surface area contributed by atoms with Crippen molar-refractivity contribution in [2.45, 2.75) is 6.92 Å². The molecule has 3 amide bonds. The molecule has 0 bridgehead atoms. The third kappa shape index (κ3) is 4.69. The zero-order chi connectivity index (χ0) is 19.4. The van der Waals surface area contributed by atoms with Crippen LogP contribution >= 0.6 is 27.5 Å². The molecule has 1 aromatic heterocycles. The van der Waals surface area contributed by atoms with Gasteiger partial charge in [-0.1, -0.05) is 51.8 Å². The van der Waals surface area contributed by atoms with E-state index in [0.29, 0.717) is 11.4 Å². The largest absolute Gasteiger partial charge is 0.327 e. The number of nitrogens with one attached hydrogen (secondary N) is 2. The van der Waals surface area contributed by atoms with E-state index in [1.54, 1.807) is 25.1 Å². The molecule has 27 heavy (non-hydrogen) atoms. The van der Waals surface area contributed by atoms with Gasteiger partial charge in [-0.3, -0.25) is 20.4 Å². The molecule has 0 saturated heterocycles. The van der Waals surface area contributed by atoms with E-state index in [4.69, 9.17) is 11.6 Å². The van der Waals surface area contributed by atoms with Gasteiger partial charge >= 0.3 is 6.03 Å². The van der Waals surface area contributed by atoms with Gasteiger partial charge in [0.2, 0.25) is 0 Å². The minimum Gasteiger partial charge on any atom is -0.291 e. The van der Waals surface area contributed by atoms with E-state index in [9.17, 15) is 9.59 Å². The van der Waals surface area contributed by atoms with E-state index in [0.717, 1.165) is 10.0 Å². The predicted molar refractivity (Wildman–Crippen MR) is 108 cm³/mol. The number of aromatic nitrogens is 2. The van der Waals surface area contributed by atoms with Crippen LogP contribution in [0.15, 0.2) is 59.2 Å². The number of halogens is 2. The molecule has 0 unspecified atom stereocenters. The summed E-state index contributed by atoms with van der Waals surface area (Å²) in [6.45, 7) is 1.79. The van der Waals surface area contributed by atoms with E-state index < -0.39 is 11.9 Å². The molecule has 136 valence electrons. The van der Waals surface area contributed by atoms with Gasteiger partial charge in [-0.15, -0.1) is 0 Å². The number of rotatable bonds is 3. The van der Waals surface area contributed by atoms with Gasteiger partial charge in [0.25, 0.3) is 5.91 Å². The highest BCUT2D eigenvalue weighted by molar-refractivity contribution is 9.10. The Labute approximate surface area is 169 Å². The molecule has 1 heterocycles. The topological polar surface area (TPSA) is 84.0 Å². The predicted octanol–water partition coefficient (Wildman–Crippen LogP) is 4.83. The lowest BCUT2D eigenvalue weighted by Gasteiger charge is -2.09. The lowest BCUT2D eigenvalue weighted by molar-refractivity contribution is 0.0967. The van der Waals surface area contributed by atoms with Crippen molar-refractivity contribution in [1.82, 2.24) is 15.3 Å². The number of anilines is 1. The molecule has 0 atom stereocenters. The molecule has 3 aromatic rings. The molecule has 0 radical (unpaired) electrons. The number of imide groups is 1. The first kappa shape index (κ1) is 19.0. The molecule has 8 heteroatoms. The minimum absolute atomic E-state index is 0.210. The van der Waals surface area contributed by atoms with Crippen LogP contribution in [0.2, 0.25) is 5.02 Å². The highest BCUT2D eigenvalue weighted by Crippen LogP contribution is 2.24. The molecule has 0 saturated carbocycles. The average Bonchev–Trinajstić information content (AvgIpc) is 2.62. The number of carbonyl (C=O) groups is 2. The van der Waals surface area contributed by atoms with Gasteiger partial charge in [0, 0.05) is 10.0 Å². The summed E-state index contributed by atoms with van der Waals surface area (Å²) in [6, 6.07) is 13.4. The van der Waals surface area contributed by atoms with Crippen LogP contribution in [0.1, 0.15) is 16.1 Å². The van der Waals surface area contributed by atoms with Gasteiger partial charge in [-0.05, 0) is 31.2 Å². The quantitative estimate of drug-likeness (QED) is 0.605. The first-order chi connectivity index (χ1) is 12.9. The standard InChI is InChI=1S/C19H14BrClN4O2/c1-11-17(12-5-4-6-13(20)9-12)22-10-16(23-11)24-19(27)25-18(26)14-7-2-3-8-15(14)21/h2-10H,1H3,(H2,23,24,25,26,27). The lowest BCUT2D eigenvalue weighted by Crippen LogP contribution is -2.34. The summed E-state index contributed by atoms with van der Waals surface area (Å²) in [6.07, 6.45) is 1.43. The summed E-state index contributed by atoms with van der Waals surface area (Å²) in [5.74, 6) is -0.371. The van der Waals surface area contributed by atoms with Crippen molar-refractivity contribution >= 4 is 45.3 Å². The van der Waals surface area contributed by atoms with Crippen LogP contribution in [-0.4, -0.2) is 21.9 Å². The number of carbonyl (C=O) groups excluding carboxylic acids is 2. The SMILES string of the molecule is Cc1nc(NC(=O)NC(=O)c2ccccc2Cl)cnc1-c1cccc(Br)c1. The molecule has 0 aliphatic rings. The first-order valence-electron chi connectivity index (χ1n) is 7.90. The number of amides is 3. The molecular formula is C19H14BrClN4O2. The molecule has 0 aliphatic heterocycles. The van der Waals surface area contributed by atoms with E-state index in [1.165, 1.54) is 12.3 Å². The maximum Gasteiger partial charge on any atom is 0.327 e. The molecule has 0 fully saturated rings. The van der Waals surface area contributed by atoms with Crippen LogP contribution in [-0.2, 0) is 0 Å². The number of urea groups is 1. The van der Waals surface area contributed by atoms with Crippen molar-refractivity contribution in [3.05, 3.63) is 75.5 Å². The van der Waals surface area contributed by atoms with E-state index in [1.807, 2.05) is 24.3 Å². The molecule has 2 N–H and O–H groups in total. The second kappa shape index (κ2) is 8.28. The Morgan fingerprint density at radius 1 is 1.11 bits per heavy atom. The van der Waals surface area contributed by atoms with Gasteiger partial charge in [0.15, 0.2) is 5.82 Å². The number of nitrogens with zero attached hydrogens (tertiary/aromatic N) is 2. The Kier molecular flexibility index (Phi) is 5.83. The number of hydrogen-bond donors (Lipinski definition) is 2. The summed E-state index contributed by atoms with van der Waals surface area (Å²) in [4.78, 5) is 32.9. The highest BCUT2D eigenvalue weighted by Gasteiger charge is 2.14. The Bertz CT molecular complexity index is 1030. The van der Waals surface area contributed by atoms with E-state index in [2.05, 4.69) is 36.5 Å². The maximum atomic E-state index is 12.1. The van der Waals surface area contributed by atoms with Crippen molar-refractivity contribution in [3.63, 3.8) is 0 Å². The van der Waals surface area contributed by atoms with Crippen molar-refractivity contribution < 1.29 is 9.59 Å².